The summed E-state index contributed by atoms with van der Waals surface area (Å²) in [5.74, 6) is -7.50. The number of halogens is 3. The van der Waals surface area contributed by atoms with Gasteiger partial charge in [-0.1, -0.05) is 122 Å². The molecule has 0 radical (unpaired) electrons. The second kappa shape index (κ2) is 37.0. The molecule has 0 fully saturated rings. The standard InChI is InChI=1S/3C12H10I.C6H10O4.2C5H6O4/c3*1-3-7-11(8-4-1)13-12-9-5-2-6-10-12;7-5(8)3-1-2-4-6(9)10;2*1-3(5(8)9)2-4(6)7/h3*1-10H;1-4H2,(H,7,8)(H,9,10);2*1-2H2,(H,6,7)(H,8,9)/q3*+1;;;/p-3. The Morgan fingerprint density at radius 2 is 0.582 bits per heavy atom. The van der Waals surface area contributed by atoms with Gasteiger partial charge in [-0.15, -0.1) is 0 Å². The highest BCUT2D eigenvalue weighted by molar-refractivity contribution is 5.91. The van der Waals surface area contributed by atoms with Crippen molar-refractivity contribution < 1.29 is 123 Å². The summed E-state index contributed by atoms with van der Waals surface area (Å²) in [4.78, 5) is 58.7. The third-order valence-corrected chi connectivity index (χ3v) is 15.4. The van der Waals surface area contributed by atoms with Crippen LogP contribution in [0.3, 0.4) is 0 Å². The van der Waals surface area contributed by atoms with E-state index in [0.29, 0.717) is 12.8 Å². The maximum Gasteiger partial charge on any atom is 0.357 e. The number of hydrogen-bond donors (Lipinski definition) is 3. The zero-order valence-corrected chi connectivity index (χ0v) is 42.6. The Morgan fingerprint density at radius 3 is 0.716 bits per heavy atom. The van der Waals surface area contributed by atoms with Crippen LogP contribution in [-0.2, 0) is 28.8 Å². The maximum atomic E-state index is 9.90. The molecule has 0 aliphatic heterocycles. The van der Waals surface area contributed by atoms with Gasteiger partial charge in [0.15, 0.2) is 21.4 Å². The first kappa shape index (κ1) is 58.8. The molecule has 0 saturated heterocycles. The first-order valence-corrected chi connectivity index (χ1v) is 26.4. The van der Waals surface area contributed by atoms with Crippen LogP contribution in [0.4, 0.5) is 0 Å². The van der Waals surface area contributed by atoms with Crippen molar-refractivity contribution in [2.24, 2.45) is 0 Å². The molecule has 0 spiro atoms. The van der Waals surface area contributed by atoms with E-state index in [1.807, 2.05) is 0 Å². The number of carbonyl (C=O) groups is 6. The Morgan fingerprint density at radius 1 is 0.373 bits per heavy atom. The van der Waals surface area contributed by atoms with Crippen molar-refractivity contribution in [3.8, 4) is 0 Å². The lowest BCUT2D eigenvalue weighted by molar-refractivity contribution is -0.597. The molecule has 0 unspecified atom stereocenters. The number of benzene rings is 6. The summed E-state index contributed by atoms with van der Waals surface area (Å²) in [5, 5.41) is 53.4. The fraction of sp³-hybridized carbons (Fsp3) is 0.115. The van der Waals surface area contributed by atoms with Gasteiger partial charge in [0.05, 0.1) is 5.97 Å². The summed E-state index contributed by atoms with van der Waals surface area (Å²) in [5.41, 5.74) is -0.843. The minimum Gasteiger partial charge on any atom is -0.550 e. The third kappa shape index (κ3) is 33.9. The first-order chi connectivity index (χ1) is 32.0. The third-order valence-electron chi connectivity index (χ3n) is 7.39. The van der Waals surface area contributed by atoms with E-state index in [0.717, 1.165) is 0 Å². The van der Waals surface area contributed by atoms with Gasteiger partial charge in [0.1, 0.15) is 0 Å². The molecule has 0 saturated carbocycles. The fourth-order valence-electron chi connectivity index (χ4n) is 4.29. The highest BCUT2D eigenvalue weighted by Crippen LogP contribution is 1.99. The molecule has 6 aromatic rings. The molecule has 67 heavy (non-hydrogen) atoms. The molecule has 3 N–H and O–H groups in total. The Bertz CT molecular complexity index is 2020. The minimum atomic E-state index is -1.56. The molecule has 0 heterocycles. The van der Waals surface area contributed by atoms with Gasteiger partial charge in [-0.25, -0.2) is 4.79 Å². The normalized spacial score (nSPS) is 9.37. The Hall–Kier alpha value is -6.19. The highest BCUT2D eigenvalue weighted by Gasteiger charge is 2.15. The highest BCUT2D eigenvalue weighted by atomic mass is 127. The van der Waals surface area contributed by atoms with E-state index in [2.05, 4.69) is 195 Å². The van der Waals surface area contributed by atoms with Crippen LogP contribution < -0.4 is 78.9 Å². The molecular formula is C52H49I3O12. The molecule has 0 aliphatic rings. The zero-order valence-electron chi connectivity index (χ0n) is 36.1. The average Bonchev–Trinajstić information content (AvgIpc) is 3.30. The quantitative estimate of drug-likeness (QED) is 0.0457. The molecule has 0 bridgehead atoms. The van der Waals surface area contributed by atoms with Crippen molar-refractivity contribution in [2.45, 2.75) is 38.5 Å². The second-order valence-corrected chi connectivity index (χ2v) is 22.0. The lowest BCUT2D eigenvalue weighted by Crippen LogP contribution is -3.61. The van der Waals surface area contributed by atoms with E-state index in [4.69, 9.17) is 15.3 Å². The summed E-state index contributed by atoms with van der Waals surface area (Å²) in [6.07, 6.45) is -0.276. The lowest BCUT2D eigenvalue weighted by Gasteiger charge is -2.05. The number of carboxylic acids is 6. The van der Waals surface area contributed by atoms with Gasteiger partial charge in [-0.05, 0) is 91.2 Å². The fourth-order valence-corrected chi connectivity index (χ4v) is 11.1. The van der Waals surface area contributed by atoms with Crippen molar-refractivity contribution in [1.82, 2.24) is 0 Å². The van der Waals surface area contributed by atoms with Crippen LogP contribution in [0.15, 0.2) is 206 Å². The van der Waals surface area contributed by atoms with Crippen LogP contribution in [0, 0.1) is 21.4 Å². The number of carboxylic acid groups (broad SMARTS) is 6. The maximum absolute atomic E-state index is 9.90. The van der Waals surface area contributed by atoms with Gasteiger partial charge in [0, 0.05) is 43.2 Å². The number of aliphatic carboxylic acids is 6. The van der Waals surface area contributed by atoms with Crippen molar-refractivity contribution in [3.63, 3.8) is 0 Å². The molecule has 350 valence electrons. The van der Waals surface area contributed by atoms with Crippen molar-refractivity contribution in [1.29, 1.82) is 0 Å². The van der Waals surface area contributed by atoms with Gasteiger partial charge in [-0.2, -0.15) is 0 Å². The van der Waals surface area contributed by atoms with E-state index in [9.17, 15) is 44.1 Å². The number of hydrogen-bond acceptors (Lipinski definition) is 9. The van der Waals surface area contributed by atoms with Gasteiger partial charge in [-0.3, -0.25) is 9.59 Å². The molecule has 6 aromatic carbocycles. The molecule has 0 aromatic heterocycles. The second-order valence-electron chi connectivity index (χ2n) is 12.9. The summed E-state index contributed by atoms with van der Waals surface area (Å²) < 4.78 is 8.88. The van der Waals surface area contributed by atoms with Crippen LogP contribution in [-0.4, -0.2) is 51.1 Å². The summed E-state index contributed by atoms with van der Waals surface area (Å²) in [7, 11) is 0. The van der Waals surface area contributed by atoms with Crippen molar-refractivity contribution >= 4 is 35.8 Å². The Kier molecular flexibility index (Phi) is 32.5. The molecule has 15 heteroatoms. The van der Waals surface area contributed by atoms with Crippen molar-refractivity contribution in [3.05, 3.63) is 228 Å². The summed E-state index contributed by atoms with van der Waals surface area (Å²) in [6.45, 7) is 5.89. The predicted octanol–water partition coefficient (Wildman–Crippen LogP) is -3.64. The van der Waals surface area contributed by atoms with Gasteiger partial charge in [0.2, 0.25) is 0 Å². The predicted molar refractivity (Wildman–Crippen MR) is 235 cm³/mol. The van der Waals surface area contributed by atoms with Crippen LogP contribution in [0.1, 0.15) is 38.5 Å². The van der Waals surface area contributed by atoms with E-state index in [1.165, 1.54) is 21.4 Å². The summed E-state index contributed by atoms with van der Waals surface area (Å²) >= 11 is 0.0861. The van der Waals surface area contributed by atoms with E-state index >= 15 is 0 Å². The molecule has 0 aliphatic carbocycles. The molecule has 0 atom stereocenters. The Labute approximate surface area is 421 Å². The van der Waals surface area contributed by atoms with Crippen LogP contribution in [0.5, 0.6) is 0 Å². The number of carbonyl (C=O) groups excluding carboxylic acids is 3. The molecule has 0 amide bonds. The van der Waals surface area contributed by atoms with E-state index in [1.54, 1.807) is 0 Å². The molecular weight excluding hydrogens is 1200 g/mol. The van der Waals surface area contributed by atoms with E-state index in [-0.39, 0.29) is 82.0 Å². The number of rotatable bonds is 17. The Balaban J connectivity index is 0.000000406. The zero-order chi connectivity index (χ0) is 49.7. The summed E-state index contributed by atoms with van der Waals surface area (Å²) in [6, 6.07) is 64.2. The molecule has 12 nitrogen and oxygen atoms in total. The van der Waals surface area contributed by atoms with E-state index < -0.39 is 54.2 Å². The van der Waals surface area contributed by atoms with Crippen LogP contribution in [0.25, 0.3) is 0 Å². The van der Waals surface area contributed by atoms with Crippen molar-refractivity contribution in [2.75, 3.05) is 0 Å². The number of unbranched alkanes of at least 4 members (excludes halogenated alkanes) is 1. The topological polar surface area (TPSA) is 232 Å². The largest absolute Gasteiger partial charge is 0.550 e. The van der Waals surface area contributed by atoms with Gasteiger partial charge < -0.3 is 45.0 Å². The SMILES string of the molecule is C=C(CC(=O)[O-])C(=O)O.C=C(CC(=O)[O-])C(=O)[O-].O=C(O)CCCCC(=O)O.c1ccc([I+]c2ccccc2)cc1.c1ccc([I+]c2ccccc2)cc1.c1ccc([I+]c2ccccc2)cc1. The monoisotopic (exact) mass is 1250 g/mol. The molecule has 6 rings (SSSR count). The van der Waals surface area contributed by atoms with Gasteiger partial charge in [0.25, 0.3) is 0 Å². The smallest absolute Gasteiger partial charge is 0.357 e. The van der Waals surface area contributed by atoms with Crippen LogP contribution >= 0.6 is 0 Å². The average molecular weight is 1250 g/mol. The van der Waals surface area contributed by atoms with Crippen LogP contribution in [0.2, 0.25) is 0 Å². The van der Waals surface area contributed by atoms with Gasteiger partial charge >= 0.3 is 81.5 Å². The first-order valence-electron chi connectivity index (χ1n) is 19.9. The lowest BCUT2D eigenvalue weighted by atomic mass is 10.2. The minimum absolute atomic E-state index is 0.0287.